The van der Waals surface area contributed by atoms with Gasteiger partial charge in [0, 0.05) is 31.4 Å². The first kappa shape index (κ1) is 16.9. The largest absolute Gasteiger partial charge is 0.354 e. The molecule has 1 rings (SSSR count). The first-order valence-electron chi connectivity index (χ1n) is 7.41. The van der Waals surface area contributed by atoms with Gasteiger partial charge in [0.25, 0.3) is 0 Å². The van der Waals surface area contributed by atoms with Crippen molar-refractivity contribution in [2.75, 3.05) is 18.5 Å². The summed E-state index contributed by atoms with van der Waals surface area (Å²) in [6, 6.07) is 2.00. The third-order valence-electron chi connectivity index (χ3n) is 3.73. The normalized spacial score (nSPS) is 13.1. The molecule has 4 heteroatoms. The minimum absolute atomic E-state index is 0.209. The highest BCUT2D eigenvalue weighted by atomic mass is 19.1. The number of hydrogen-bond donors (Lipinski definition) is 1. The van der Waals surface area contributed by atoms with Gasteiger partial charge in [0.2, 0.25) is 0 Å². The second-order valence-electron chi connectivity index (χ2n) is 6.23. The molecule has 0 aliphatic heterocycles. The van der Waals surface area contributed by atoms with E-state index in [4.69, 9.17) is 0 Å². The Morgan fingerprint density at radius 2 is 1.90 bits per heavy atom. The number of halogens is 1. The van der Waals surface area contributed by atoms with E-state index in [1.165, 1.54) is 0 Å². The molecule has 0 radical (unpaired) electrons. The molecule has 114 valence electrons. The van der Waals surface area contributed by atoms with Crippen LogP contribution >= 0.6 is 0 Å². The summed E-state index contributed by atoms with van der Waals surface area (Å²) in [5.41, 5.74) is 0.679. The Hall–Kier alpha value is -1.16. The molecule has 0 spiro atoms. The van der Waals surface area contributed by atoms with Gasteiger partial charge in [0.15, 0.2) is 11.6 Å². The van der Waals surface area contributed by atoms with Gasteiger partial charge in [-0.1, -0.05) is 27.7 Å². The van der Waals surface area contributed by atoms with E-state index >= 15 is 0 Å². The molecule has 0 fully saturated rings. The number of rotatable bonds is 7. The van der Waals surface area contributed by atoms with Gasteiger partial charge in [0.05, 0.1) is 0 Å². The van der Waals surface area contributed by atoms with Crippen molar-refractivity contribution < 1.29 is 4.39 Å². The molecule has 1 atom stereocenters. The molecule has 1 aromatic heterocycles. The topological polar surface area (TPSA) is 28.2 Å². The van der Waals surface area contributed by atoms with Gasteiger partial charge in [-0.25, -0.2) is 9.37 Å². The molecule has 1 N–H and O–H groups in total. The quantitative estimate of drug-likeness (QED) is 0.829. The van der Waals surface area contributed by atoms with Gasteiger partial charge in [-0.2, -0.15) is 0 Å². The molecule has 0 bridgehead atoms. The third kappa shape index (κ3) is 4.44. The highest BCUT2D eigenvalue weighted by Crippen LogP contribution is 2.22. The van der Waals surface area contributed by atoms with Crippen molar-refractivity contribution >= 4 is 5.82 Å². The highest BCUT2D eigenvalue weighted by molar-refractivity contribution is 5.43. The van der Waals surface area contributed by atoms with Gasteiger partial charge in [-0.3, -0.25) is 0 Å². The number of hydrogen-bond acceptors (Lipinski definition) is 3. The summed E-state index contributed by atoms with van der Waals surface area (Å²) >= 11 is 0. The van der Waals surface area contributed by atoms with Crippen LogP contribution in [0.25, 0.3) is 0 Å². The Kier molecular flexibility index (Phi) is 6.40. The van der Waals surface area contributed by atoms with Crippen LogP contribution in [-0.4, -0.2) is 24.6 Å². The fourth-order valence-electron chi connectivity index (χ4n) is 1.99. The fraction of sp³-hybridized carbons (Fsp3) is 0.688. The molecule has 1 unspecified atom stereocenters. The first-order valence-corrected chi connectivity index (χ1v) is 7.41. The van der Waals surface area contributed by atoms with Crippen LogP contribution in [0.3, 0.4) is 0 Å². The van der Waals surface area contributed by atoms with Crippen molar-refractivity contribution in [3.63, 3.8) is 0 Å². The zero-order valence-electron chi connectivity index (χ0n) is 13.6. The number of nitrogens with one attached hydrogen (secondary N) is 1. The van der Waals surface area contributed by atoms with E-state index in [-0.39, 0.29) is 11.9 Å². The Bertz CT molecular complexity index is 418. The summed E-state index contributed by atoms with van der Waals surface area (Å²) in [6.45, 7) is 12.1. The number of anilines is 1. The highest BCUT2D eigenvalue weighted by Gasteiger charge is 2.19. The van der Waals surface area contributed by atoms with Crippen molar-refractivity contribution in [2.24, 2.45) is 11.8 Å². The Balaban J connectivity index is 2.84. The standard InChI is InChI=1S/C16H28FN3/c1-11(2)9-18-10-14-7-8-19-16(15(14)17)20(6)13(5)12(3)4/h7-8,11-13,18H,9-10H2,1-6H3. The summed E-state index contributed by atoms with van der Waals surface area (Å²) in [4.78, 5) is 6.13. The van der Waals surface area contributed by atoms with E-state index in [1.54, 1.807) is 12.3 Å². The number of pyridine rings is 1. The molecule has 20 heavy (non-hydrogen) atoms. The van der Waals surface area contributed by atoms with Crippen LogP contribution in [0.4, 0.5) is 10.2 Å². The smallest absolute Gasteiger partial charge is 0.170 e. The van der Waals surface area contributed by atoms with Crippen LogP contribution in [0.1, 0.15) is 40.2 Å². The van der Waals surface area contributed by atoms with Crippen LogP contribution < -0.4 is 10.2 Å². The van der Waals surface area contributed by atoms with Crippen LogP contribution in [0.2, 0.25) is 0 Å². The second-order valence-corrected chi connectivity index (χ2v) is 6.23. The van der Waals surface area contributed by atoms with Crippen molar-refractivity contribution in [1.82, 2.24) is 10.3 Å². The molecule has 0 aliphatic carbocycles. The molecule has 0 saturated carbocycles. The van der Waals surface area contributed by atoms with Crippen molar-refractivity contribution in [2.45, 2.75) is 47.2 Å². The molecule has 1 heterocycles. The van der Waals surface area contributed by atoms with Gasteiger partial charge >= 0.3 is 0 Å². The molecule has 0 saturated heterocycles. The zero-order valence-corrected chi connectivity index (χ0v) is 13.6. The number of aromatic nitrogens is 1. The zero-order chi connectivity index (χ0) is 15.3. The van der Waals surface area contributed by atoms with E-state index in [9.17, 15) is 4.39 Å². The summed E-state index contributed by atoms with van der Waals surface area (Å²) < 4.78 is 14.5. The maximum atomic E-state index is 14.5. The van der Waals surface area contributed by atoms with E-state index in [1.807, 2.05) is 11.9 Å². The second kappa shape index (κ2) is 7.58. The predicted molar refractivity (Wildman–Crippen MR) is 83.4 cm³/mol. The lowest BCUT2D eigenvalue weighted by molar-refractivity contribution is 0.488. The third-order valence-corrected chi connectivity index (χ3v) is 3.73. The lowest BCUT2D eigenvalue weighted by atomic mass is 10.1. The van der Waals surface area contributed by atoms with E-state index in [0.717, 1.165) is 6.54 Å². The van der Waals surface area contributed by atoms with E-state index < -0.39 is 0 Å². The summed E-state index contributed by atoms with van der Waals surface area (Å²) in [5.74, 6) is 1.24. The lowest BCUT2D eigenvalue weighted by Gasteiger charge is -2.29. The van der Waals surface area contributed by atoms with Gasteiger partial charge in [0.1, 0.15) is 0 Å². The van der Waals surface area contributed by atoms with Crippen LogP contribution in [0, 0.1) is 17.7 Å². The molecule has 1 aromatic rings. The van der Waals surface area contributed by atoms with Gasteiger partial charge in [-0.15, -0.1) is 0 Å². The average molecular weight is 281 g/mol. The maximum absolute atomic E-state index is 14.5. The fourth-order valence-corrected chi connectivity index (χ4v) is 1.99. The molecular weight excluding hydrogens is 253 g/mol. The molecule has 3 nitrogen and oxygen atoms in total. The minimum Gasteiger partial charge on any atom is -0.354 e. The van der Waals surface area contributed by atoms with Crippen LogP contribution in [0.5, 0.6) is 0 Å². The Labute approximate surface area is 122 Å². The monoisotopic (exact) mass is 281 g/mol. The lowest BCUT2D eigenvalue weighted by Crippen LogP contribution is -2.34. The van der Waals surface area contributed by atoms with E-state index in [0.29, 0.717) is 29.8 Å². The minimum atomic E-state index is -0.209. The Morgan fingerprint density at radius 1 is 1.25 bits per heavy atom. The van der Waals surface area contributed by atoms with E-state index in [2.05, 4.69) is 44.9 Å². The Morgan fingerprint density at radius 3 is 2.45 bits per heavy atom. The van der Waals surface area contributed by atoms with Gasteiger partial charge in [-0.05, 0) is 31.4 Å². The van der Waals surface area contributed by atoms with Crippen molar-refractivity contribution in [3.8, 4) is 0 Å². The summed E-state index contributed by atoms with van der Waals surface area (Å²) in [7, 11) is 1.90. The van der Waals surface area contributed by atoms with Crippen molar-refractivity contribution in [1.29, 1.82) is 0 Å². The SMILES string of the molecule is CC(C)CNCc1ccnc(N(C)C(C)C(C)C)c1F. The average Bonchev–Trinajstić information content (AvgIpc) is 2.38. The summed E-state index contributed by atoms with van der Waals surface area (Å²) in [5, 5.41) is 3.27. The molecule has 0 aromatic carbocycles. The maximum Gasteiger partial charge on any atom is 0.170 e. The number of nitrogens with zero attached hydrogens (tertiary/aromatic N) is 2. The van der Waals surface area contributed by atoms with Gasteiger partial charge < -0.3 is 10.2 Å². The first-order chi connectivity index (χ1) is 9.34. The molecular formula is C16H28FN3. The molecule has 0 aliphatic rings. The summed E-state index contributed by atoms with van der Waals surface area (Å²) in [6.07, 6.45) is 1.69. The van der Waals surface area contributed by atoms with Crippen LogP contribution in [0.15, 0.2) is 12.3 Å². The molecule has 0 amide bonds. The predicted octanol–water partition coefficient (Wildman–Crippen LogP) is 3.45. The van der Waals surface area contributed by atoms with Crippen LogP contribution in [-0.2, 0) is 6.54 Å². The van der Waals surface area contributed by atoms with Crippen molar-refractivity contribution in [3.05, 3.63) is 23.6 Å².